The second kappa shape index (κ2) is 8.87. The number of ether oxygens (including phenoxy) is 2. The van der Waals surface area contributed by atoms with Crippen molar-refractivity contribution >= 4 is 11.6 Å². The van der Waals surface area contributed by atoms with Crippen LogP contribution in [0.15, 0.2) is 18.2 Å². The number of carbonyl (C=O) groups excluding carboxylic acids is 1. The molecule has 0 heterocycles. The average Bonchev–Trinajstić information content (AvgIpc) is 2.63. The van der Waals surface area contributed by atoms with Gasteiger partial charge in [0.2, 0.25) is 0 Å². The fraction of sp³-hybridized carbons (Fsp3) is 0.600. The van der Waals surface area contributed by atoms with E-state index in [9.17, 15) is 10.1 Å². The maximum absolute atomic E-state index is 12.9. The SMILES string of the molecule is CCCOc1ccc(NC(=O)C2(OCC)CCC(C)CC2)c(C#N)c1. The Kier molecular flexibility index (Phi) is 6.83. The smallest absolute Gasteiger partial charge is 0.256 e. The van der Waals surface area contributed by atoms with Crippen molar-refractivity contribution in [3.63, 3.8) is 0 Å². The van der Waals surface area contributed by atoms with Gasteiger partial charge in [-0.2, -0.15) is 5.26 Å². The molecule has 5 nitrogen and oxygen atoms in total. The van der Waals surface area contributed by atoms with E-state index in [2.05, 4.69) is 18.3 Å². The third-order valence-corrected chi connectivity index (χ3v) is 4.75. The van der Waals surface area contributed by atoms with Gasteiger partial charge in [0.15, 0.2) is 0 Å². The highest BCUT2D eigenvalue weighted by atomic mass is 16.5. The standard InChI is InChI=1S/C20H28N2O3/c1-4-12-24-17-6-7-18(16(13-17)14-21)22-19(23)20(25-5-2)10-8-15(3)9-11-20/h6-7,13,15H,4-5,8-12H2,1-3H3,(H,22,23). The molecule has 1 aromatic carbocycles. The molecule has 1 N–H and O–H groups in total. The monoisotopic (exact) mass is 344 g/mol. The summed E-state index contributed by atoms with van der Waals surface area (Å²) in [5, 5.41) is 12.3. The number of nitrogens with zero attached hydrogens (tertiary/aromatic N) is 1. The minimum Gasteiger partial charge on any atom is -0.494 e. The molecule has 5 heteroatoms. The summed E-state index contributed by atoms with van der Waals surface area (Å²) in [7, 11) is 0. The van der Waals surface area contributed by atoms with Gasteiger partial charge in [0.25, 0.3) is 5.91 Å². The Morgan fingerprint density at radius 2 is 2.08 bits per heavy atom. The number of rotatable bonds is 7. The zero-order chi connectivity index (χ0) is 18.3. The van der Waals surface area contributed by atoms with E-state index >= 15 is 0 Å². The largest absolute Gasteiger partial charge is 0.494 e. The molecule has 0 saturated heterocycles. The highest BCUT2D eigenvalue weighted by molar-refractivity contribution is 5.98. The Hall–Kier alpha value is -2.06. The van der Waals surface area contributed by atoms with Crippen LogP contribution in [0.5, 0.6) is 5.75 Å². The molecule has 1 saturated carbocycles. The summed E-state index contributed by atoms with van der Waals surface area (Å²) in [6, 6.07) is 7.31. The van der Waals surface area contributed by atoms with Crippen molar-refractivity contribution in [1.29, 1.82) is 5.26 Å². The van der Waals surface area contributed by atoms with Crippen LogP contribution in [-0.2, 0) is 9.53 Å². The highest BCUT2D eigenvalue weighted by Gasteiger charge is 2.42. The number of anilines is 1. The zero-order valence-corrected chi connectivity index (χ0v) is 15.4. The van der Waals surface area contributed by atoms with Crippen LogP contribution < -0.4 is 10.1 Å². The summed E-state index contributed by atoms with van der Waals surface area (Å²) in [6.45, 7) is 7.24. The molecule has 0 spiro atoms. The quantitative estimate of drug-likeness (QED) is 0.802. The molecule has 1 aliphatic rings. The molecule has 1 fully saturated rings. The third kappa shape index (κ3) is 4.73. The van der Waals surface area contributed by atoms with E-state index in [1.54, 1.807) is 18.2 Å². The summed E-state index contributed by atoms with van der Waals surface area (Å²) >= 11 is 0. The van der Waals surface area contributed by atoms with Crippen molar-refractivity contribution in [2.45, 2.75) is 58.5 Å². The van der Waals surface area contributed by atoms with Crippen LogP contribution in [0.1, 0.15) is 58.4 Å². The lowest BCUT2D eigenvalue weighted by atomic mass is 9.78. The summed E-state index contributed by atoms with van der Waals surface area (Å²) in [6.07, 6.45) is 4.28. The molecule has 0 bridgehead atoms. The van der Waals surface area contributed by atoms with Crippen LogP contribution in [0, 0.1) is 17.2 Å². The van der Waals surface area contributed by atoms with Crippen LogP contribution in [-0.4, -0.2) is 24.7 Å². The Bertz CT molecular complexity index is 628. The number of nitrogens with one attached hydrogen (secondary N) is 1. The predicted molar refractivity (Wildman–Crippen MR) is 97.6 cm³/mol. The van der Waals surface area contributed by atoms with Gasteiger partial charge in [0.05, 0.1) is 17.9 Å². The van der Waals surface area contributed by atoms with Gasteiger partial charge >= 0.3 is 0 Å². The Balaban J connectivity index is 2.16. The van der Waals surface area contributed by atoms with Crippen LogP contribution >= 0.6 is 0 Å². The minimum absolute atomic E-state index is 0.153. The molecule has 0 radical (unpaired) electrons. The van der Waals surface area contributed by atoms with Gasteiger partial charge in [-0.15, -0.1) is 0 Å². The fourth-order valence-electron chi connectivity index (χ4n) is 3.21. The lowest BCUT2D eigenvalue weighted by Crippen LogP contribution is -2.48. The third-order valence-electron chi connectivity index (χ3n) is 4.75. The van der Waals surface area contributed by atoms with E-state index in [1.165, 1.54) is 0 Å². The Morgan fingerprint density at radius 1 is 1.36 bits per heavy atom. The molecule has 1 aliphatic carbocycles. The molecular formula is C20H28N2O3. The van der Waals surface area contributed by atoms with E-state index in [-0.39, 0.29) is 5.91 Å². The maximum Gasteiger partial charge on any atom is 0.256 e. The van der Waals surface area contributed by atoms with E-state index in [0.717, 1.165) is 19.3 Å². The normalized spacial score (nSPS) is 22.9. The predicted octanol–water partition coefficient (Wildman–Crippen LogP) is 4.27. The number of nitriles is 1. The van der Waals surface area contributed by atoms with Crippen LogP contribution in [0.2, 0.25) is 0 Å². The summed E-state index contributed by atoms with van der Waals surface area (Å²) in [5.41, 5.74) is 0.123. The Morgan fingerprint density at radius 3 is 2.68 bits per heavy atom. The van der Waals surface area contributed by atoms with E-state index < -0.39 is 5.60 Å². The van der Waals surface area contributed by atoms with Crippen LogP contribution in [0.4, 0.5) is 5.69 Å². The lowest BCUT2D eigenvalue weighted by Gasteiger charge is -2.37. The highest BCUT2D eigenvalue weighted by Crippen LogP contribution is 2.36. The molecule has 1 amide bonds. The van der Waals surface area contributed by atoms with Gasteiger partial charge in [-0.3, -0.25) is 4.79 Å². The molecule has 1 aromatic rings. The average molecular weight is 344 g/mol. The van der Waals surface area contributed by atoms with Crippen molar-refractivity contribution in [2.75, 3.05) is 18.5 Å². The fourth-order valence-corrected chi connectivity index (χ4v) is 3.21. The molecule has 25 heavy (non-hydrogen) atoms. The topological polar surface area (TPSA) is 71.3 Å². The minimum atomic E-state index is -0.786. The number of amides is 1. The second-order valence-corrected chi connectivity index (χ2v) is 6.73. The van der Waals surface area contributed by atoms with E-state index in [0.29, 0.717) is 49.0 Å². The molecule has 0 aromatic heterocycles. The van der Waals surface area contributed by atoms with Gasteiger partial charge in [-0.05, 0) is 63.1 Å². The first-order chi connectivity index (χ1) is 12.0. The maximum atomic E-state index is 12.9. The molecule has 0 unspecified atom stereocenters. The van der Waals surface area contributed by atoms with Crippen molar-refractivity contribution in [2.24, 2.45) is 5.92 Å². The molecule has 2 rings (SSSR count). The Labute approximate surface area is 150 Å². The van der Waals surface area contributed by atoms with Crippen molar-refractivity contribution in [3.05, 3.63) is 23.8 Å². The van der Waals surface area contributed by atoms with Gasteiger partial charge in [0.1, 0.15) is 17.4 Å². The van der Waals surface area contributed by atoms with Gasteiger partial charge in [-0.1, -0.05) is 13.8 Å². The first-order valence-electron chi connectivity index (χ1n) is 9.17. The first-order valence-corrected chi connectivity index (χ1v) is 9.17. The van der Waals surface area contributed by atoms with Crippen molar-refractivity contribution in [3.8, 4) is 11.8 Å². The molecule has 0 atom stereocenters. The second-order valence-electron chi connectivity index (χ2n) is 6.73. The first kappa shape index (κ1) is 19.3. The number of hydrogen-bond donors (Lipinski definition) is 1. The van der Waals surface area contributed by atoms with Crippen molar-refractivity contribution in [1.82, 2.24) is 0 Å². The molecular weight excluding hydrogens is 316 g/mol. The van der Waals surface area contributed by atoms with Crippen molar-refractivity contribution < 1.29 is 14.3 Å². The number of carbonyl (C=O) groups is 1. The number of benzene rings is 1. The van der Waals surface area contributed by atoms with E-state index in [4.69, 9.17) is 9.47 Å². The lowest BCUT2D eigenvalue weighted by molar-refractivity contribution is -0.146. The number of hydrogen-bond acceptors (Lipinski definition) is 4. The summed E-state index contributed by atoms with van der Waals surface area (Å²) < 4.78 is 11.4. The summed E-state index contributed by atoms with van der Waals surface area (Å²) in [4.78, 5) is 12.9. The van der Waals surface area contributed by atoms with Gasteiger partial charge in [0, 0.05) is 6.61 Å². The van der Waals surface area contributed by atoms with Crippen LogP contribution in [0.25, 0.3) is 0 Å². The van der Waals surface area contributed by atoms with E-state index in [1.807, 2.05) is 13.8 Å². The van der Waals surface area contributed by atoms with Crippen LogP contribution in [0.3, 0.4) is 0 Å². The zero-order valence-electron chi connectivity index (χ0n) is 15.4. The molecule has 0 aliphatic heterocycles. The van der Waals surface area contributed by atoms with Gasteiger partial charge < -0.3 is 14.8 Å². The van der Waals surface area contributed by atoms with Gasteiger partial charge in [-0.25, -0.2) is 0 Å². The summed E-state index contributed by atoms with van der Waals surface area (Å²) in [5.74, 6) is 1.11. The molecule has 136 valence electrons.